The molecule has 0 saturated carbocycles. The second kappa shape index (κ2) is 3.38. The first-order valence-corrected chi connectivity index (χ1v) is 5.23. The van der Waals surface area contributed by atoms with Crippen LogP contribution in [0.25, 0.3) is 11.3 Å². The SMILES string of the molecule is Cc1c(-c2ccsc2)n[nH]c(=O)c1C. The summed E-state index contributed by atoms with van der Waals surface area (Å²) in [5.41, 5.74) is 3.50. The summed E-state index contributed by atoms with van der Waals surface area (Å²) in [6.07, 6.45) is 0. The molecule has 0 atom stereocenters. The Bertz CT molecular complexity index is 499. The molecule has 4 heteroatoms. The van der Waals surface area contributed by atoms with E-state index < -0.39 is 0 Å². The molecular formula is C10H10N2OS. The van der Waals surface area contributed by atoms with Gasteiger partial charge in [-0.05, 0) is 30.9 Å². The predicted octanol–water partition coefficient (Wildman–Crippen LogP) is 2.12. The summed E-state index contributed by atoms with van der Waals surface area (Å²) in [4.78, 5) is 11.2. The summed E-state index contributed by atoms with van der Waals surface area (Å²) in [6.45, 7) is 3.73. The molecule has 0 amide bonds. The standard InChI is InChI=1S/C10H10N2OS/c1-6-7(2)10(13)12-11-9(6)8-3-4-14-5-8/h3-5H,1-2H3,(H,12,13). The monoisotopic (exact) mass is 206 g/mol. The van der Waals surface area contributed by atoms with Crippen molar-refractivity contribution >= 4 is 11.3 Å². The van der Waals surface area contributed by atoms with Gasteiger partial charge < -0.3 is 0 Å². The van der Waals surface area contributed by atoms with E-state index in [1.165, 1.54) is 0 Å². The van der Waals surface area contributed by atoms with Gasteiger partial charge in [0.15, 0.2) is 0 Å². The number of nitrogens with one attached hydrogen (secondary N) is 1. The lowest BCUT2D eigenvalue weighted by Crippen LogP contribution is -2.14. The Labute approximate surface area is 85.4 Å². The van der Waals surface area contributed by atoms with E-state index in [9.17, 15) is 4.79 Å². The number of rotatable bonds is 1. The lowest BCUT2D eigenvalue weighted by atomic mass is 10.1. The first-order chi connectivity index (χ1) is 6.70. The summed E-state index contributed by atoms with van der Waals surface area (Å²) in [7, 11) is 0. The molecule has 72 valence electrons. The fourth-order valence-electron chi connectivity index (χ4n) is 1.30. The van der Waals surface area contributed by atoms with Crippen LogP contribution in [-0.2, 0) is 0 Å². The molecule has 0 bridgehead atoms. The number of thiophene rings is 1. The molecule has 0 saturated heterocycles. The van der Waals surface area contributed by atoms with E-state index in [2.05, 4.69) is 10.2 Å². The van der Waals surface area contributed by atoms with Gasteiger partial charge in [0.05, 0.1) is 5.69 Å². The molecular weight excluding hydrogens is 196 g/mol. The van der Waals surface area contributed by atoms with Gasteiger partial charge in [0.1, 0.15) is 0 Å². The van der Waals surface area contributed by atoms with Crippen molar-refractivity contribution in [3.8, 4) is 11.3 Å². The van der Waals surface area contributed by atoms with Crippen LogP contribution in [0.1, 0.15) is 11.1 Å². The van der Waals surface area contributed by atoms with E-state index >= 15 is 0 Å². The third-order valence-electron chi connectivity index (χ3n) is 2.32. The second-order valence-corrected chi connectivity index (χ2v) is 3.94. The fourth-order valence-corrected chi connectivity index (χ4v) is 1.94. The first kappa shape index (κ1) is 9.15. The largest absolute Gasteiger partial charge is 0.268 e. The van der Waals surface area contributed by atoms with Crippen LogP contribution in [0.3, 0.4) is 0 Å². The van der Waals surface area contributed by atoms with Crippen LogP contribution < -0.4 is 5.56 Å². The Balaban J connectivity index is 2.67. The Morgan fingerprint density at radius 1 is 1.36 bits per heavy atom. The Morgan fingerprint density at radius 3 is 2.79 bits per heavy atom. The maximum absolute atomic E-state index is 11.2. The zero-order chi connectivity index (χ0) is 10.1. The Hall–Kier alpha value is -1.42. The Morgan fingerprint density at radius 2 is 2.14 bits per heavy atom. The van der Waals surface area contributed by atoms with E-state index in [0.717, 1.165) is 22.4 Å². The molecule has 0 aliphatic rings. The van der Waals surface area contributed by atoms with E-state index in [1.54, 1.807) is 11.3 Å². The molecule has 0 radical (unpaired) electrons. The van der Waals surface area contributed by atoms with Gasteiger partial charge in [0, 0.05) is 16.5 Å². The van der Waals surface area contributed by atoms with Crippen LogP contribution in [0, 0.1) is 13.8 Å². The third kappa shape index (κ3) is 1.37. The number of H-pyrrole nitrogens is 1. The zero-order valence-corrected chi connectivity index (χ0v) is 8.81. The highest BCUT2D eigenvalue weighted by atomic mass is 32.1. The van der Waals surface area contributed by atoms with Crippen molar-refractivity contribution in [1.82, 2.24) is 10.2 Å². The summed E-state index contributed by atoms with van der Waals surface area (Å²) < 4.78 is 0. The van der Waals surface area contributed by atoms with Gasteiger partial charge in [-0.1, -0.05) is 0 Å². The highest BCUT2D eigenvalue weighted by molar-refractivity contribution is 7.08. The molecule has 3 nitrogen and oxygen atoms in total. The van der Waals surface area contributed by atoms with E-state index in [0.29, 0.717) is 0 Å². The van der Waals surface area contributed by atoms with Gasteiger partial charge in [-0.25, -0.2) is 5.10 Å². The molecule has 2 aromatic rings. The number of aromatic nitrogens is 2. The summed E-state index contributed by atoms with van der Waals surface area (Å²) in [5.74, 6) is 0. The van der Waals surface area contributed by atoms with Crippen molar-refractivity contribution in [2.24, 2.45) is 0 Å². The summed E-state index contributed by atoms with van der Waals surface area (Å²) in [6, 6.07) is 2.00. The van der Waals surface area contributed by atoms with Gasteiger partial charge in [-0.2, -0.15) is 16.4 Å². The lowest BCUT2D eigenvalue weighted by molar-refractivity contribution is 0.959. The van der Waals surface area contributed by atoms with Crippen LogP contribution in [-0.4, -0.2) is 10.2 Å². The fraction of sp³-hybridized carbons (Fsp3) is 0.200. The minimum absolute atomic E-state index is 0.110. The van der Waals surface area contributed by atoms with E-state index in [1.807, 2.05) is 30.7 Å². The average Bonchev–Trinajstić information content (AvgIpc) is 2.67. The normalized spacial score (nSPS) is 10.4. The maximum Gasteiger partial charge on any atom is 0.267 e. The van der Waals surface area contributed by atoms with E-state index in [4.69, 9.17) is 0 Å². The number of hydrogen-bond donors (Lipinski definition) is 1. The molecule has 0 aromatic carbocycles. The molecule has 0 aliphatic carbocycles. The van der Waals surface area contributed by atoms with Gasteiger partial charge >= 0.3 is 0 Å². The molecule has 1 N–H and O–H groups in total. The van der Waals surface area contributed by atoms with Crippen molar-refractivity contribution in [2.75, 3.05) is 0 Å². The predicted molar refractivity (Wildman–Crippen MR) is 57.6 cm³/mol. The van der Waals surface area contributed by atoms with Crippen molar-refractivity contribution < 1.29 is 0 Å². The molecule has 2 heterocycles. The molecule has 14 heavy (non-hydrogen) atoms. The summed E-state index contributed by atoms with van der Waals surface area (Å²) in [5, 5.41) is 10.6. The van der Waals surface area contributed by atoms with Crippen molar-refractivity contribution in [3.63, 3.8) is 0 Å². The third-order valence-corrected chi connectivity index (χ3v) is 3.01. The van der Waals surface area contributed by atoms with Crippen molar-refractivity contribution in [1.29, 1.82) is 0 Å². The molecule has 2 aromatic heterocycles. The lowest BCUT2D eigenvalue weighted by Gasteiger charge is -2.03. The van der Waals surface area contributed by atoms with Gasteiger partial charge in [-0.3, -0.25) is 4.79 Å². The van der Waals surface area contributed by atoms with Crippen LogP contribution >= 0.6 is 11.3 Å². The van der Waals surface area contributed by atoms with Crippen LogP contribution in [0.15, 0.2) is 21.6 Å². The van der Waals surface area contributed by atoms with Crippen molar-refractivity contribution in [3.05, 3.63) is 38.3 Å². The van der Waals surface area contributed by atoms with Crippen molar-refractivity contribution in [2.45, 2.75) is 13.8 Å². The van der Waals surface area contributed by atoms with Crippen LogP contribution in [0.5, 0.6) is 0 Å². The van der Waals surface area contributed by atoms with Crippen LogP contribution in [0.4, 0.5) is 0 Å². The minimum atomic E-state index is -0.110. The molecule has 0 fully saturated rings. The molecule has 0 unspecified atom stereocenters. The Kier molecular flexibility index (Phi) is 2.21. The maximum atomic E-state index is 11.2. The topological polar surface area (TPSA) is 45.8 Å². The quantitative estimate of drug-likeness (QED) is 0.776. The molecule has 0 spiro atoms. The van der Waals surface area contributed by atoms with Crippen LogP contribution in [0.2, 0.25) is 0 Å². The van der Waals surface area contributed by atoms with Gasteiger partial charge in [-0.15, -0.1) is 0 Å². The van der Waals surface area contributed by atoms with E-state index in [-0.39, 0.29) is 5.56 Å². The number of aromatic amines is 1. The molecule has 0 aliphatic heterocycles. The second-order valence-electron chi connectivity index (χ2n) is 3.16. The first-order valence-electron chi connectivity index (χ1n) is 4.28. The zero-order valence-electron chi connectivity index (χ0n) is 8.00. The molecule has 2 rings (SSSR count). The van der Waals surface area contributed by atoms with Gasteiger partial charge in [0.25, 0.3) is 5.56 Å². The number of hydrogen-bond acceptors (Lipinski definition) is 3. The highest BCUT2D eigenvalue weighted by Crippen LogP contribution is 2.22. The minimum Gasteiger partial charge on any atom is -0.268 e. The average molecular weight is 206 g/mol. The smallest absolute Gasteiger partial charge is 0.267 e. The van der Waals surface area contributed by atoms with Gasteiger partial charge in [0.2, 0.25) is 0 Å². The highest BCUT2D eigenvalue weighted by Gasteiger charge is 2.08. The number of nitrogens with zero attached hydrogens (tertiary/aromatic N) is 1. The summed E-state index contributed by atoms with van der Waals surface area (Å²) >= 11 is 1.62.